The number of anilines is 1. The van der Waals surface area contributed by atoms with Gasteiger partial charge in [0, 0.05) is 18.8 Å². The van der Waals surface area contributed by atoms with Gasteiger partial charge in [0.2, 0.25) is 11.8 Å². The Morgan fingerprint density at radius 2 is 2.40 bits per heavy atom. The maximum absolute atomic E-state index is 9.12. The number of nitrogens with one attached hydrogen (secondary N) is 1. The zero-order valence-corrected chi connectivity index (χ0v) is 8.68. The molecule has 2 rings (SSSR count). The molecular formula is C10H15N3O2. The molecule has 0 bridgehead atoms. The van der Waals surface area contributed by atoms with Crippen molar-refractivity contribution in [3.8, 4) is 5.88 Å². The van der Waals surface area contributed by atoms with Crippen molar-refractivity contribution >= 4 is 5.95 Å². The van der Waals surface area contributed by atoms with Gasteiger partial charge < -0.3 is 15.2 Å². The van der Waals surface area contributed by atoms with E-state index >= 15 is 0 Å². The minimum atomic E-state index is -0.108. The summed E-state index contributed by atoms with van der Waals surface area (Å²) in [6, 6.07) is 1.71. The Morgan fingerprint density at radius 3 is 3.07 bits per heavy atom. The Hall–Kier alpha value is -1.36. The van der Waals surface area contributed by atoms with Crippen LogP contribution >= 0.6 is 0 Å². The van der Waals surface area contributed by atoms with Gasteiger partial charge in [-0.1, -0.05) is 0 Å². The second-order valence-corrected chi connectivity index (χ2v) is 3.79. The van der Waals surface area contributed by atoms with Crippen molar-refractivity contribution in [1.82, 2.24) is 9.97 Å². The SMILES string of the molecule is COc1ccnc(NCC2CC(O)C2)n1. The fraction of sp³-hybridized carbons (Fsp3) is 0.600. The van der Waals surface area contributed by atoms with Crippen molar-refractivity contribution in [3.63, 3.8) is 0 Å². The quantitative estimate of drug-likeness (QED) is 0.762. The largest absolute Gasteiger partial charge is 0.481 e. The number of nitrogens with zero attached hydrogens (tertiary/aromatic N) is 2. The van der Waals surface area contributed by atoms with E-state index in [1.165, 1.54) is 0 Å². The maximum Gasteiger partial charge on any atom is 0.225 e. The molecular weight excluding hydrogens is 194 g/mol. The fourth-order valence-corrected chi connectivity index (χ4v) is 1.64. The van der Waals surface area contributed by atoms with Crippen LogP contribution in [0.1, 0.15) is 12.8 Å². The molecule has 0 aliphatic heterocycles. The topological polar surface area (TPSA) is 67.3 Å². The third-order valence-corrected chi connectivity index (χ3v) is 2.60. The Labute approximate surface area is 88.5 Å². The van der Waals surface area contributed by atoms with E-state index in [-0.39, 0.29) is 6.10 Å². The molecule has 5 nitrogen and oxygen atoms in total. The molecule has 0 spiro atoms. The normalized spacial score (nSPS) is 24.4. The minimum absolute atomic E-state index is 0.108. The molecule has 1 aliphatic carbocycles. The zero-order valence-electron chi connectivity index (χ0n) is 8.68. The Kier molecular flexibility index (Phi) is 3.01. The lowest BCUT2D eigenvalue weighted by Crippen LogP contribution is -2.33. The molecule has 0 atom stereocenters. The summed E-state index contributed by atoms with van der Waals surface area (Å²) >= 11 is 0. The van der Waals surface area contributed by atoms with E-state index in [4.69, 9.17) is 9.84 Å². The summed E-state index contributed by atoms with van der Waals surface area (Å²) in [7, 11) is 1.58. The standard InChI is InChI=1S/C10H15N3O2/c1-15-9-2-3-11-10(13-9)12-6-7-4-8(14)5-7/h2-3,7-8,14H,4-6H2,1H3,(H,11,12,13). The summed E-state index contributed by atoms with van der Waals surface area (Å²) in [6.45, 7) is 0.810. The van der Waals surface area contributed by atoms with Gasteiger partial charge in [0.05, 0.1) is 13.2 Å². The summed E-state index contributed by atoms with van der Waals surface area (Å²) in [5, 5.41) is 12.2. The summed E-state index contributed by atoms with van der Waals surface area (Å²) < 4.78 is 4.99. The second kappa shape index (κ2) is 4.44. The molecule has 1 fully saturated rings. The van der Waals surface area contributed by atoms with Crippen molar-refractivity contribution in [3.05, 3.63) is 12.3 Å². The molecule has 1 heterocycles. The lowest BCUT2D eigenvalue weighted by atomic mass is 9.82. The molecule has 2 N–H and O–H groups in total. The van der Waals surface area contributed by atoms with E-state index in [9.17, 15) is 0 Å². The van der Waals surface area contributed by atoms with Crippen LogP contribution in [0.25, 0.3) is 0 Å². The first kappa shape index (κ1) is 10.2. The van der Waals surface area contributed by atoms with Crippen molar-refractivity contribution in [2.45, 2.75) is 18.9 Å². The number of hydrogen-bond donors (Lipinski definition) is 2. The van der Waals surface area contributed by atoms with Crippen LogP contribution in [-0.2, 0) is 0 Å². The smallest absolute Gasteiger partial charge is 0.225 e. The first-order chi connectivity index (χ1) is 7.28. The number of aliphatic hydroxyl groups excluding tert-OH is 1. The number of hydrogen-bond acceptors (Lipinski definition) is 5. The van der Waals surface area contributed by atoms with Crippen LogP contribution in [0.5, 0.6) is 5.88 Å². The van der Waals surface area contributed by atoms with Crippen LogP contribution in [0.15, 0.2) is 12.3 Å². The van der Waals surface area contributed by atoms with Gasteiger partial charge in [0.1, 0.15) is 0 Å². The van der Waals surface area contributed by atoms with Crippen LogP contribution in [-0.4, -0.2) is 34.8 Å². The number of rotatable bonds is 4. The van der Waals surface area contributed by atoms with Crippen LogP contribution in [0.3, 0.4) is 0 Å². The molecule has 15 heavy (non-hydrogen) atoms. The van der Waals surface area contributed by atoms with Crippen LogP contribution in [0, 0.1) is 5.92 Å². The first-order valence-corrected chi connectivity index (χ1v) is 5.07. The first-order valence-electron chi connectivity index (χ1n) is 5.07. The van der Waals surface area contributed by atoms with Gasteiger partial charge >= 0.3 is 0 Å². The van der Waals surface area contributed by atoms with Crippen molar-refractivity contribution in [1.29, 1.82) is 0 Å². The Morgan fingerprint density at radius 1 is 1.60 bits per heavy atom. The number of ether oxygens (including phenoxy) is 1. The van der Waals surface area contributed by atoms with E-state index in [1.54, 1.807) is 19.4 Å². The number of aromatic nitrogens is 2. The number of methoxy groups -OCH3 is 1. The van der Waals surface area contributed by atoms with Gasteiger partial charge in [0.25, 0.3) is 0 Å². The average molecular weight is 209 g/mol. The van der Waals surface area contributed by atoms with E-state index in [0.29, 0.717) is 17.7 Å². The molecule has 1 saturated carbocycles. The fourth-order valence-electron chi connectivity index (χ4n) is 1.64. The zero-order chi connectivity index (χ0) is 10.7. The van der Waals surface area contributed by atoms with Crippen molar-refractivity contribution in [2.24, 2.45) is 5.92 Å². The third kappa shape index (κ3) is 2.56. The summed E-state index contributed by atoms with van der Waals surface area (Å²) in [4.78, 5) is 8.21. The van der Waals surface area contributed by atoms with Gasteiger partial charge in [-0.25, -0.2) is 4.98 Å². The molecule has 0 unspecified atom stereocenters. The van der Waals surface area contributed by atoms with E-state index in [2.05, 4.69) is 15.3 Å². The summed E-state index contributed by atoms with van der Waals surface area (Å²) in [5.41, 5.74) is 0. The van der Waals surface area contributed by atoms with E-state index in [1.807, 2.05) is 0 Å². The maximum atomic E-state index is 9.12. The van der Waals surface area contributed by atoms with Gasteiger partial charge in [-0.15, -0.1) is 0 Å². The molecule has 1 aliphatic rings. The van der Waals surface area contributed by atoms with Gasteiger partial charge in [-0.05, 0) is 18.8 Å². The van der Waals surface area contributed by atoms with Crippen molar-refractivity contribution in [2.75, 3.05) is 19.0 Å². The van der Waals surface area contributed by atoms with Crippen LogP contribution in [0.2, 0.25) is 0 Å². The highest BCUT2D eigenvalue weighted by molar-refractivity contribution is 5.27. The molecule has 1 aromatic heterocycles. The Bertz CT molecular complexity index is 326. The summed E-state index contributed by atoms with van der Waals surface area (Å²) in [6.07, 6.45) is 3.29. The summed E-state index contributed by atoms with van der Waals surface area (Å²) in [5.74, 6) is 1.67. The molecule has 5 heteroatoms. The van der Waals surface area contributed by atoms with Gasteiger partial charge in [-0.2, -0.15) is 4.98 Å². The number of aliphatic hydroxyl groups is 1. The Balaban J connectivity index is 1.82. The highest BCUT2D eigenvalue weighted by atomic mass is 16.5. The predicted octanol–water partition coefficient (Wildman–Crippen LogP) is 0.668. The lowest BCUT2D eigenvalue weighted by molar-refractivity contribution is 0.0486. The van der Waals surface area contributed by atoms with Crippen LogP contribution < -0.4 is 10.1 Å². The van der Waals surface area contributed by atoms with Crippen molar-refractivity contribution < 1.29 is 9.84 Å². The molecule has 0 aromatic carbocycles. The highest BCUT2D eigenvalue weighted by Crippen LogP contribution is 2.26. The van der Waals surface area contributed by atoms with Gasteiger partial charge in [0.15, 0.2) is 0 Å². The third-order valence-electron chi connectivity index (χ3n) is 2.60. The van der Waals surface area contributed by atoms with Gasteiger partial charge in [-0.3, -0.25) is 0 Å². The minimum Gasteiger partial charge on any atom is -0.481 e. The average Bonchev–Trinajstić information content (AvgIpc) is 2.23. The van der Waals surface area contributed by atoms with Crippen LogP contribution in [0.4, 0.5) is 5.95 Å². The molecule has 1 aromatic rings. The molecule has 0 saturated heterocycles. The highest BCUT2D eigenvalue weighted by Gasteiger charge is 2.26. The van der Waals surface area contributed by atoms with E-state index < -0.39 is 0 Å². The lowest BCUT2D eigenvalue weighted by Gasteiger charge is -2.31. The van der Waals surface area contributed by atoms with E-state index in [0.717, 1.165) is 19.4 Å². The second-order valence-electron chi connectivity index (χ2n) is 3.79. The molecule has 0 amide bonds. The monoisotopic (exact) mass is 209 g/mol. The predicted molar refractivity (Wildman–Crippen MR) is 55.8 cm³/mol. The molecule has 82 valence electrons. The molecule has 0 radical (unpaired) electrons.